The second-order valence-electron chi connectivity index (χ2n) is 8.85. The van der Waals surface area contributed by atoms with E-state index >= 15 is 0 Å². The molecule has 2 amide bonds. The fraction of sp³-hybridized carbons (Fsp3) is 0.222. The first-order chi connectivity index (χ1) is 15.7. The minimum Gasteiger partial charge on any atom is -0.332 e. The number of thiocarbonyl (C=S) groups is 1. The molecule has 3 aromatic carbocycles. The summed E-state index contributed by atoms with van der Waals surface area (Å²) in [6.45, 7) is 6.41. The van der Waals surface area contributed by atoms with Crippen LogP contribution < -0.4 is 16.0 Å². The van der Waals surface area contributed by atoms with Gasteiger partial charge >= 0.3 is 0 Å². The summed E-state index contributed by atoms with van der Waals surface area (Å²) in [7, 11) is 0. The Morgan fingerprint density at radius 1 is 0.818 bits per heavy atom. The van der Waals surface area contributed by atoms with E-state index < -0.39 is 0 Å². The molecule has 0 spiro atoms. The van der Waals surface area contributed by atoms with Gasteiger partial charge < -0.3 is 16.0 Å². The number of aryl methyl sites for hydroxylation is 1. The molecule has 0 heterocycles. The van der Waals surface area contributed by atoms with Crippen molar-refractivity contribution >= 4 is 40.5 Å². The Kier molecular flexibility index (Phi) is 7.96. The Hall–Kier alpha value is -3.51. The number of hydrogen-bond donors (Lipinski definition) is 3. The van der Waals surface area contributed by atoms with E-state index in [-0.39, 0.29) is 22.3 Å². The van der Waals surface area contributed by atoms with Gasteiger partial charge in [0.05, 0.1) is 0 Å². The molecule has 0 saturated heterocycles. The van der Waals surface area contributed by atoms with Gasteiger partial charge in [-0.3, -0.25) is 9.59 Å². The largest absolute Gasteiger partial charge is 0.332 e. The molecule has 3 rings (SSSR count). The molecule has 0 aliphatic rings. The van der Waals surface area contributed by atoms with Crippen LogP contribution in [0.3, 0.4) is 0 Å². The monoisotopic (exact) mass is 459 g/mol. The smallest absolute Gasteiger partial charge is 0.255 e. The summed E-state index contributed by atoms with van der Waals surface area (Å²) >= 11 is 5.26. The van der Waals surface area contributed by atoms with Gasteiger partial charge in [-0.1, -0.05) is 69.3 Å². The van der Waals surface area contributed by atoms with Crippen LogP contribution in [0.1, 0.15) is 48.7 Å². The van der Waals surface area contributed by atoms with Crippen LogP contribution in [0.25, 0.3) is 0 Å². The molecule has 0 aromatic heterocycles. The van der Waals surface area contributed by atoms with Crippen molar-refractivity contribution in [1.29, 1.82) is 0 Å². The standard InChI is InChI=1S/C27H29N3O2S/c1-27(2,3)21-15-13-20(14-16-21)25(32)28-22-10-7-11-23(18-22)29-26(33)30-24(31)17-12-19-8-5-4-6-9-19/h4-11,13-16,18H,12,17H2,1-3H3,(H,28,32)(H2,29,30,31,33). The Morgan fingerprint density at radius 3 is 2.09 bits per heavy atom. The Balaban J connectivity index is 1.53. The fourth-order valence-electron chi connectivity index (χ4n) is 3.25. The van der Waals surface area contributed by atoms with Crippen molar-refractivity contribution in [3.8, 4) is 0 Å². The van der Waals surface area contributed by atoms with Gasteiger partial charge in [0.2, 0.25) is 5.91 Å². The van der Waals surface area contributed by atoms with Crippen LogP contribution in [-0.4, -0.2) is 16.9 Å². The first kappa shape index (κ1) is 24.1. The third-order valence-electron chi connectivity index (χ3n) is 5.13. The molecule has 0 aliphatic heterocycles. The highest BCUT2D eigenvalue weighted by Gasteiger charge is 2.14. The van der Waals surface area contributed by atoms with Gasteiger partial charge in [0.25, 0.3) is 5.91 Å². The van der Waals surface area contributed by atoms with Gasteiger partial charge in [0, 0.05) is 23.4 Å². The molecular weight excluding hydrogens is 430 g/mol. The number of nitrogens with one attached hydrogen (secondary N) is 3. The number of carbonyl (C=O) groups excluding carboxylic acids is 2. The van der Waals surface area contributed by atoms with Gasteiger partial charge in [0.15, 0.2) is 5.11 Å². The normalized spacial score (nSPS) is 10.9. The van der Waals surface area contributed by atoms with Crippen LogP contribution in [0.2, 0.25) is 0 Å². The van der Waals surface area contributed by atoms with Gasteiger partial charge in [0.1, 0.15) is 0 Å². The maximum atomic E-state index is 12.6. The number of benzene rings is 3. The quantitative estimate of drug-likeness (QED) is 0.415. The highest BCUT2D eigenvalue weighted by molar-refractivity contribution is 7.80. The van der Waals surface area contributed by atoms with Crippen LogP contribution in [-0.2, 0) is 16.6 Å². The molecule has 3 aromatic rings. The van der Waals surface area contributed by atoms with E-state index in [9.17, 15) is 9.59 Å². The number of anilines is 2. The van der Waals surface area contributed by atoms with Crippen LogP contribution in [0, 0.1) is 0 Å². The molecule has 170 valence electrons. The zero-order valence-electron chi connectivity index (χ0n) is 19.1. The molecule has 0 radical (unpaired) electrons. The summed E-state index contributed by atoms with van der Waals surface area (Å²) in [6, 6.07) is 24.6. The lowest BCUT2D eigenvalue weighted by molar-refractivity contribution is -0.119. The van der Waals surface area contributed by atoms with Crippen LogP contribution in [0.15, 0.2) is 78.9 Å². The molecule has 0 atom stereocenters. The Morgan fingerprint density at radius 2 is 1.45 bits per heavy atom. The second kappa shape index (κ2) is 10.9. The summed E-state index contributed by atoms with van der Waals surface area (Å²) in [5.41, 5.74) is 4.19. The third-order valence-corrected chi connectivity index (χ3v) is 5.33. The molecular formula is C27H29N3O2S. The summed E-state index contributed by atoms with van der Waals surface area (Å²) in [4.78, 5) is 24.8. The van der Waals surface area contributed by atoms with E-state index in [0.29, 0.717) is 29.8 Å². The lowest BCUT2D eigenvalue weighted by Gasteiger charge is -2.19. The van der Waals surface area contributed by atoms with Crippen molar-refractivity contribution in [2.24, 2.45) is 0 Å². The molecule has 5 nitrogen and oxygen atoms in total. The molecule has 0 saturated carbocycles. The molecule has 0 fully saturated rings. The zero-order valence-corrected chi connectivity index (χ0v) is 20.0. The second-order valence-corrected chi connectivity index (χ2v) is 9.26. The van der Waals surface area contributed by atoms with Gasteiger partial charge in [-0.2, -0.15) is 0 Å². The molecule has 0 bridgehead atoms. The summed E-state index contributed by atoms with van der Waals surface area (Å²) in [5, 5.41) is 8.81. The van der Waals surface area contributed by atoms with Crippen molar-refractivity contribution in [2.45, 2.75) is 39.0 Å². The number of amides is 2. The van der Waals surface area contributed by atoms with Crippen molar-refractivity contribution in [2.75, 3.05) is 10.6 Å². The van der Waals surface area contributed by atoms with Crippen molar-refractivity contribution < 1.29 is 9.59 Å². The summed E-state index contributed by atoms with van der Waals surface area (Å²) in [6.07, 6.45) is 0.990. The third kappa shape index (κ3) is 7.54. The van der Waals surface area contributed by atoms with Crippen LogP contribution in [0.5, 0.6) is 0 Å². The minimum absolute atomic E-state index is 0.0321. The van der Waals surface area contributed by atoms with E-state index in [1.54, 1.807) is 18.2 Å². The summed E-state index contributed by atoms with van der Waals surface area (Å²) in [5.74, 6) is -0.344. The van der Waals surface area contributed by atoms with Crippen molar-refractivity contribution in [3.05, 3.63) is 95.6 Å². The lowest BCUT2D eigenvalue weighted by Crippen LogP contribution is -2.34. The predicted octanol–water partition coefficient (Wildman–Crippen LogP) is 5.68. The van der Waals surface area contributed by atoms with E-state index in [2.05, 4.69) is 36.7 Å². The number of rotatable bonds is 6. The highest BCUT2D eigenvalue weighted by Crippen LogP contribution is 2.23. The van der Waals surface area contributed by atoms with Gasteiger partial charge in [-0.25, -0.2) is 0 Å². The van der Waals surface area contributed by atoms with E-state index in [1.807, 2.05) is 60.7 Å². The van der Waals surface area contributed by atoms with E-state index in [0.717, 1.165) is 5.56 Å². The van der Waals surface area contributed by atoms with E-state index in [1.165, 1.54) is 5.56 Å². The minimum atomic E-state index is -0.190. The molecule has 0 unspecified atom stereocenters. The molecule has 6 heteroatoms. The first-order valence-corrected chi connectivity index (χ1v) is 11.3. The topological polar surface area (TPSA) is 70.2 Å². The van der Waals surface area contributed by atoms with Crippen LogP contribution in [0.4, 0.5) is 11.4 Å². The highest BCUT2D eigenvalue weighted by atomic mass is 32.1. The maximum Gasteiger partial charge on any atom is 0.255 e. The van der Waals surface area contributed by atoms with Crippen molar-refractivity contribution in [1.82, 2.24) is 5.32 Å². The number of hydrogen-bond acceptors (Lipinski definition) is 3. The number of carbonyl (C=O) groups is 2. The predicted molar refractivity (Wildman–Crippen MR) is 139 cm³/mol. The SMILES string of the molecule is CC(C)(C)c1ccc(C(=O)Nc2cccc(NC(=S)NC(=O)CCc3ccccc3)c2)cc1. The van der Waals surface area contributed by atoms with Crippen LogP contribution >= 0.6 is 12.2 Å². The van der Waals surface area contributed by atoms with Crippen molar-refractivity contribution in [3.63, 3.8) is 0 Å². The lowest BCUT2D eigenvalue weighted by atomic mass is 9.87. The maximum absolute atomic E-state index is 12.6. The molecule has 33 heavy (non-hydrogen) atoms. The molecule has 3 N–H and O–H groups in total. The van der Waals surface area contributed by atoms with E-state index in [4.69, 9.17) is 12.2 Å². The molecule has 0 aliphatic carbocycles. The zero-order chi connectivity index (χ0) is 23.8. The van der Waals surface area contributed by atoms with Gasteiger partial charge in [-0.15, -0.1) is 0 Å². The fourth-order valence-corrected chi connectivity index (χ4v) is 3.49. The Bertz CT molecular complexity index is 1120. The first-order valence-electron chi connectivity index (χ1n) is 10.9. The Labute approximate surface area is 200 Å². The average molecular weight is 460 g/mol. The summed E-state index contributed by atoms with van der Waals surface area (Å²) < 4.78 is 0. The van der Waals surface area contributed by atoms with Gasteiger partial charge in [-0.05, 0) is 65.5 Å². The average Bonchev–Trinajstić information content (AvgIpc) is 2.78.